The van der Waals surface area contributed by atoms with Gasteiger partial charge < -0.3 is 10.9 Å². The molecule has 2 aromatic heterocycles. The minimum absolute atomic E-state index is 0.0649. The predicted octanol–water partition coefficient (Wildman–Crippen LogP) is 2.14. The Morgan fingerprint density at radius 1 is 1.47 bits per heavy atom. The summed E-state index contributed by atoms with van der Waals surface area (Å²) in [6.07, 6.45) is 3.31. The van der Waals surface area contributed by atoms with Crippen molar-refractivity contribution in [3.63, 3.8) is 0 Å². The number of aromatic nitrogens is 3. The van der Waals surface area contributed by atoms with E-state index in [0.29, 0.717) is 17.3 Å². The molecule has 3 N–H and O–H groups in total. The van der Waals surface area contributed by atoms with Crippen molar-refractivity contribution >= 4 is 17.4 Å². The molecular formula is C12H14ClN5O. The van der Waals surface area contributed by atoms with E-state index in [1.807, 2.05) is 6.07 Å². The number of pyridine rings is 1. The molecule has 0 radical (unpaired) electrons. The van der Waals surface area contributed by atoms with E-state index in [4.69, 9.17) is 22.5 Å². The first kappa shape index (κ1) is 13.4. The summed E-state index contributed by atoms with van der Waals surface area (Å²) >= 11 is 6.21. The van der Waals surface area contributed by atoms with Gasteiger partial charge in [0.05, 0.1) is 10.7 Å². The van der Waals surface area contributed by atoms with Crippen LogP contribution in [0.3, 0.4) is 0 Å². The molecule has 0 aliphatic heterocycles. The summed E-state index contributed by atoms with van der Waals surface area (Å²) < 4.78 is 1.58. The Morgan fingerprint density at radius 2 is 2.21 bits per heavy atom. The summed E-state index contributed by atoms with van der Waals surface area (Å²) in [6.45, 7) is 4.10. The molecule has 0 aliphatic carbocycles. The van der Waals surface area contributed by atoms with Crippen molar-refractivity contribution < 1.29 is 5.21 Å². The number of hydrogen-bond acceptors (Lipinski definition) is 4. The lowest BCUT2D eigenvalue weighted by molar-refractivity contribution is 0.318. The number of halogens is 1. The van der Waals surface area contributed by atoms with E-state index in [9.17, 15) is 0 Å². The minimum Gasteiger partial charge on any atom is -0.409 e. The molecule has 0 amide bonds. The molecule has 7 heteroatoms. The molecule has 0 saturated carbocycles. The molecule has 0 atom stereocenters. The normalized spacial score (nSPS) is 12.1. The fourth-order valence-corrected chi connectivity index (χ4v) is 1.90. The molecule has 0 aromatic carbocycles. The van der Waals surface area contributed by atoms with Crippen LogP contribution in [0.1, 0.15) is 31.0 Å². The van der Waals surface area contributed by atoms with Gasteiger partial charge in [-0.25, -0.2) is 9.67 Å². The second-order valence-electron chi connectivity index (χ2n) is 4.32. The van der Waals surface area contributed by atoms with Gasteiger partial charge in [0.2, 0.25) is 0 Å². The van der Waals surface area contributed by atoms with Gasteiger partial charge in [0.1, 0.15) is 0 Å². The van der Waals surface area contributed by atoms with E-state index >= 15 is 0 Å². The van der Waals surface area contributed by atoms with Crippen LogP contribution < -0.4 is 5.73 Å². The highest BCUT2D eigenvalue weighted by Crippen LogP contribution is 2.23. The summed E-state index contributed by atoms with van der Waals surface area (Å²) in [5.41, 5.74) is 6.90. The maximum Gasteiger partial charge on any atom is 0.172 e. The van der Waals surface area contributed by atoms with Crippen LogP contribution in [0, 0.1) is 0 Å². The van der Waals surface area contributed by atoms with Crippen LogP contribution in [0.25, 0.3) is 5.82 Å². The summed E-state index contributed by atoms with van der Waals surface area (Å²) in [7, 11) is 0. The van der Waals surface area contributed by atoms with Gasteiger partial charge in [0, 0.05) is 18.0 Å². The monoisotopic (exact) mass is 279 g/mol. The molecule has 0 spiro atoms. The molecule has 19 heavy (non-hydrogen) atoms. The average Bonchev–Trinajstić information content (AvgIpc) is 2.87. The third-order valence-electron chi connectivity index (χ3n) is 2.67. The summed E-state index contributed by atoms with van der Waals surface area (Å²) in [6, 6.07) is 3.48. The smallest absolute Gasteiger partial charge is 0.172 e. The Kier molecular flexibility index (Phi) is 3.71. The van der Waals surface area contributed by atoms with Crippen molar-refractivity contribution in [2.75, 3.05) is 0 Å². The number of rotatable bonds is 3. The van der Waals surface area contributed by atoms with Gasteiger partial charge in [-0.15, -0.1) is 0 Å². The van der Waals surface area contributed by atoms with Crippen molar-refractivity contribution in [2.45, 2.75) is 19.8 Å². The Bertz CT molecular complexity index is 620. The lowest BCUT2D eigenvalue weighted by Crippen LogP contribution is -2.15. The van der Waals surface area contributed by atoms with Gasteiger partial charge in [-0.2, -0.15) is 5.10 Å². The zero-order valence-corrected chi connectivity index (χ0v) is 11.3. The van der Waals surface area contributed by atoms with Gasteiger partial charge in [-0.05, 0) is 18.1 Å². The maximum absolute atomic E-state index is 8.71. The van der Waals surface area contributed by atoms with E-state index in [0.717, 1.165) is 5.69 Å². The summed E-state index contributed by atoms with van der Waals surface area (Å²) in [5.74, 6) is 0.690. The molecule has 100 valence electrons. The maximum atomic E-state index is 8.71. The molecule has 0 unspecified atom stereocenters. The quantitative estimate of drug-likeness (QED) is 0.390. The van der Waals surface area contributed by atoms with Crippen molar-refractivity contribution in [3.05, 3.63) is 40.8 Å². The number of oxime groups is 1. The molecular weight excluding hydrogens is 266 g/mol. The Labute approximate surface area is 115 Å². The van der Waals surface area contributed by atoms with Gasteiger partial charge in [0.15, 0.2) is 11.7 Å². The summed E-state index contributed by atoms with van der Waals surface area (Å²) in [5, 5.41) is 16.3. The second kappa shape index (κ2) is 5.27. The average molecular weight is 280 g/mol. The van der Waals surface area contributed by atoms with Gasteiger partial charge in [0.25, 0.3) is 0 Å². The third kappa shape index (κ3) is 2.53. The fourth-order valence-electron chi connectivity index (χ4n) is 1.61. The van der Waals surface area contributed by atoms with Crippen LogP contribution in [0.15, 0.2) is 29.7 Å². The Balaban J connectivity index is 2.50. The molecule has 0 fully saturated rings. The first-order valence-electron chi connectivity index (χ1n) is 5.73. The molecule has 2 heterocycles. The van der Waals surface area contributed by atoms with Crippen LogP contribution in [-0.2, 0) is 0 Å². The van der Waals surface area contributed by atoms with E-state index in [1.165, 1.54) is 6.20 Å². The molecule has 6 nitrogen and oxygen atoms in total. The number of nitrogens with zero attached hydrogens (tertiary/aromatic N) is 4. The van der Waals surface area contributed by atoms with Crippen LogP contribution in [0.5, 0.6) is 0 Å². The van der Waals surface area contributed by atoms with Crippen LogP contribution in [-0.4, -0.2) is 25.8 Å². The largest absolute Gasteiger partial charge is 0.409 e. The molecule has 0 bridgehead atoms. The van der Waals surface area contributed by atoms with Crippen molar-refractivity contribution in [1.29, 1.82) is 0 Å². The highest BCUT2D eigenvalue weighted by molar-refractivity contribution is 6.35. The second-order valence-corrected chi connectivity index (χ2v) is 4.70. The molecule has 2 rings (SSSR count). The standard InChI is InChI=1S/C12H14ClN5O/c1-7(2)9-4-6-18(16-9)12-10(13)8(3-5-15-12)11(14)17-19/h3-7,19H,1-2H3,(H2,14,17). The highest BCUT2D eigenvalue weighted by Gasteiger charge is 2.14. The van der Waals surface area contributed by atoms with Crippen LogP contribution >= 0.6 is 11.6 Å². The highest BCUT2D eigenvalue weighted by atomic mass is 35.5. The molecule has 2 aromatic rings. The van der Waals surface area contributed by atoms with Crippen molar-refractivity contribution in [2.24, 2.45) is 10.9 Å². The zero-order chi connectivity index (χ0) is 14.0. The fraction of sp³-hybridized carbons (Fsp3) is 0.250. The van der Waals surface area contributed by atoms with Gasteiger partial charge in [-0.1, -0.05) is 30.6 Å². The lowest BCUT2D eigenvalue weighted by atomic mass is 10.1. The summed E-state index contributed by atoms with van der Waals surface area (Å²) in [4.78, 5) is 4.17. The van der Waals surface area contributed by atoms with Crippen molar-refractivity contribution in [3.8, 4) is 5.82 Å². The Morgan fingerprint density at radius 3 is 2.79 bits per heavy atom. The Hall–Kier alpha value is -2.08. The van der Waals surface area contributed by atoms with Gasteiger partial charge >= 0.3 is 0 Å². The van der Waals surface area contributed by atoms with Gasteiger partial charge in [-0.3, -0.25) is 0 Å². The van der Waals surface area contributed by atoms with E-state index < -0.39 is 0 Å². The number of nitrogens with two attached hydrogens (primary N) is 1. The van der Waals surface area contributed by atoms with Crippen LogP contribution in [0.4, 0.5) is 0 Å². The predicted molar refractivity (Wildman–Crippen MR) is 73.0 cm³/mol. The first-order valence-corrected chi connectivity index (χ1v) is 6.10. The van der Waals surface area contributed by atoms with Crippen LogP contribution in [0.2, 0.25) is 5.02 Å². The number of amidine groups is 1. The SMILES string of the molecule is CC(C)c1ccn(-c2nccc(/C(N)=N/O)c2Cl)n1. The zero-order valence-electron chi connectivity index (χ0n) is 10.6. The number of hydrogen-bond donors (Lipinski definition) is 2. The minimum atomic E-state index is -0.0649. The first-order chi connectivity index (χ1) is 9.04. The van der Waals surface area contributed by atoms with E-state index in [-0.39, 0.29) is 10.9 Å². The molecule has 0 saturated heterocycles. The third-order valence-corrected chi connectivity index (χ3v) is 3.05. The molecule has 0 aliphatic rings. The van der Waals surface area contributed by atoms with E-state index in [2.05, 4.69) is 29.1 Å². The van der Waals surface area contributed by atoms with Crippen molar-refractivity contribution in [1.82, 2.24) is 14.8 Å². The topological polar surface area (TPSA) is 89.3 Å². The van der Waals surface area contributed by atoms with E-state index in [1.54, 1.807) is 16.9 Å². The lowest BCUT2D eigenvalue weighted by Gasteiger charge is -2.07.